The minimum absolute atomic E-state index is 0.157. The third-order valence-corrected chi connectivity index (χ3v) is 4.52. The van der Waals surface area contributed by atoms with E-state index in [9.17, 15) is 4.79 Å². The second-order valence-corrected chi connectivity index (χ2v) is 6.12. The molecule has 2 unspecified atom stereocenters. The van der Waals surface area contributed by atoms with E-state index in [0.29, 0.717) is 6.04 Å². The van der Waals surface area contributed by atoms with Crippen molar-refractivity contribution in [2.45, 2.75) is 45.6 Å². The standard InChI is InChI=1S/C17H26N2O/c1-12-6-5-7-15(10-12)19(4)17(20)16-9-8-14(18-3)11-13(16)2/h8-9,11-12,15,18H,5-7,10H2,1-4H3. The average Bonchev–Trinajstić information content (AvgIpc) is 2.45. The zero-order valence-corrected chi connectivity index (χ0v) is 13.1. The number of hydrogen-bond donors (Lipinski definition) is 1. The van der Waals surface area contributed by atoms with Crippen LogP contribution >= 0.6 is 0 Å². The van der Waals surface area contributed by atoms with Crippen molar-refractivity contribution in [2.75, 3.05) is 19.4 Å². The maximum atomic E-state index is 12.7. The molecular formula is C17H26N2O. The SMILES string of the molecule is CNc1ccc(C(=O)N(C)C2CCCC(C)C2)c(C)c1. The molecule has 0 aliphatic heterocycles. The molecule has 20 heavy (non-hydrogen) atoms. The van der Waals surface area contributed by atoms with E-state index in [1.54, 1.807) is 0 Å². The molecule has 1 saturated carbocycles. The molecule has 1 amide bonds. The van der Waals surface area contributed by atoms with E-state index < -0.39 is 0 Å². The molecule has 2 rings (SSSR count). The number of amides is 1. The molecule has 0 bridgehead atoms. The Morgan fingerprint density at radius 1 is 1.35 bits per heavy atom. The van der Waals surface area contributed by atoms with Crippen LogP contribution < -0.4 is 5.32 Å². The van der Waals surface area contributed by atoms with Gasteiger partial charge in [-0.15, -0.1) is 0 Å². The lowest BCUT2D eigenvalue weighted by Gasteiger charge is -2.34. The van der Waals surface area contributed by atoms with Gasteiger partial charge in [0.2, 0.25) is 0 Å². The van der Waals surface area contributed by atoms with E-state index in [1.807, 2.05) is 44.1 Å². The van der Waals surface area contributed by atoms with Crippen LogP contribution in [0.3, 0.4) is 0 Å². The third kappa shape index (κ3) is 3.14. The molecule has 0 heterocycles. The summed E-state index contributed by atoms with van der Waals surface area (Å²) in [7, 11) is 3.85. The molecule has 3 nitrogen and oxygen atoms in total. The van der Waals surface area contributed by atoms with Crippen molar-refractivity contribution in [3.63, 3.8) is 0 Å². The number of benzene rings is 1. The van der Waals surface area contributed by atoms with Crippen LogP contribution in [0.15, 0.2) is 18.2 Å². The Labute approximate surface area is 122 Å². The quantitative estimate of drug-likeness (QED) is 0.911. The minimum atomic E-state index is 0.157. The molecule has 2 atom stereocenters. The first-order valence-corrected chi connectivity index (χ1v) is 7.58. The van der Waals surface area contributed by atoms with Crippen molar-refractivity contribution in [3.05, 3.63) is 29.3 Å². The monoisotopic (exact) mass is 274 g/mol. The molecule has 0 saturated heterocycles. The van der Waals surface area contributed by atoms with Gasteiger partial charge < -0.3 is 10.2 Å². The van der Waals surface area contributed by atoms with E-state index in [2.05, 4.69) is 12.2 Å². The summed E-state index contributed by atoms with van der Waals surface area (Å²) in [6.07, 6.45) is 4.81. The van der Waals surface area contributed by atoms with Gasteiger partial charge in [0.25, 0.3) is 5.91 Å². The molecule has 0 aromatic heterocycles. The summed E-state index contributed by atoms with van der Waals surface area (Å²) in [5, 5.41) is 3.11. The van der Waals surface area contributed by atoms with E-state index >= 15 is 0 Å². The lowest BCUT2D eigenvalue weighted by Crippen LogP contribution is -2.40. The van der Waals surface area contributed by atoms with E-state index in [-0.39, 0.29) is 5.91 Å². The summed E-state index contributed by atoms with van der Waals surface area (Å²) >= 11 is 0. The fourth-order valence-corrected chi connectivity index (χ4v) is 3.17. The predicted molar refractivity (Wildman–Crippen MR) is 84.2 cm³/mol. The molecule has 1 fully saturated rings. The second-order valence-electron chi connectivity index (χ2n) is 6.12. The van der Waals surface area contributed by atoms with Crippen molar-refractivity contribution in [1.29, 1.82) is 0 Å². The molecule has 3 heteroatoms. The number of aryl methyl sites for hydroxylation is 1. The highest BCUT2D eigenvalue weighted by atomic mass is 16.2. The first-order chi connectivity index (χ1) is 9.52. The van der Waals surface area contributed by atoms with Gasteiger partial charge in [0.15, 0.2) is 0 Å². The number of carbonyl (C=O) groups excluding carboxylic acids is 1. The van der Waals surface area contributed by atoms with E-state index in [0.717, 1.165) is 35.6 Å². The minimum Gasteiger partial charge on any atom is -0.388 e. The molecule has 1 aromatic rings. The van der Waals surface area contributed by atoms with Crippen LogP contribution in [0.1, 0.15) is 48.5 Å². The van der Waals surface area contributed by atoms with E-state index in [1.165, 1.54) is 12.8 Å². The molecule has 0 spiro atoms. The van der Waals surface area contributed by atoms with Gasteiger partial charge in [-0.3, -0.25) is 4.79 Å². The van der Waals surface area contributed by atoms with Gasteiger partial charge in [-0.1, -0.05) is 19.8 Å². The van der Waals surface area contributed by atoms with Crippen molar-refractivity contribution in [2.24, 2.45) is 5.92 Å². The van der Waals surface area contributed by atoms with Crippen LogP contribution in [0.2, 0.25) is 0 Å². The normalized spacial score (nSPS) is 22.4. The average molecular weight is 274 g/mol. The van der Waals surface area contributed by atoms with Crippen LogP contribution in [0.25, 0.3) is 0 Å². The maximum Gasteiger partial charge on any atom is 0.254 e. The summed E-state index contributed by atoms with van der Waals surface area (Å²) < 4.78 is 0. The van der Waals surface area contributed by atoms with Crippen LogP contribution in [0.5, 0.6) is 0 Å². The molecule has 1 aliphatic rings. The largest absolute Gasteiger partial charge is 0.388 e. The van der Waals surface area contributed by atoms with Crippen molar-refractivity contribution in [1.82, 2.24) is 4.90 Å². The molecular weight excluding hydrogens is 248 g/mol. The lowest BCUT2D eigenvalue weighted by molar-refractivity contribution is 0.0671. The summed E-state index contributed by atoms with van der Waals surface area (Å²) in [4.78, 5) is 14.6. The number of hydrogen-bond acceptors (Lipinski definition) is 2. The van der Waals surface area contributed by atoms with E-state index in [4.69, 9.17) is 0 Å². The molecule has 1 aliphatic carbocycles. The fraction of sp³-hybridized carbons (Fsp3) is 0.588. The summed E-state index contributed by atoms with van der Waals surface area (Å²) in [6, 6.07) is 6.34. The fourth-order valence-electron chi connectivity index (χ4n) is 3.17. The maximum absolute atomic E-state index is 12.7. The Bertz CT molecular complexity index is 484. The lowest BCUT2D eigenvalue weighted by atomic mass is 9.86. The van der Waals surface area contributed by atoms with Gasteiger partial charge in [0.05, 0.1) is 0 Å². The number of rotatable bonds is 3. The van der Waals surface area contributed by atoms with Gasteiger partial charge in [0, 0.05) is 31.4 Å². The predicted octanol–water partition coefficient (Wildman–Crippen LogP) is 3.69. The van der Waals surface area contributed by atoms with Crippen molar-refractivity contribution >= 4 is 11.6 Å². The topological polar surface area (TPSA) is 32.3 Å². The van der Waals surface area contributed by atoms with Gasteiger partial charge >= 0.3 is 0 Å². The summed E-state index contributed by atoms with van der Waals surface area (Å²) in [6.45, 7) is 4.29. The van der Waals surface area contributed by atoms with Gasteiger partial charge in [-0.05, 0) is 49.4 Å². The molecule has 1 aromatic carbocycles. The number of anilines is 1. The zero-order chi connectivity index (χ0) is 14.7. The highest BCUT2D eigenvalue weighted by Crippen LogP contribution is 2.28. The molecule has 110 valence electrons. The van der Waals surface area contributed by atoms with Crippen LogP contribution in [0.4, 0.5) is 5.69 Å². The molecule has 1 N–H and O–H groups in total. The Morgan fingerprint density at radius 3 is 2.70 bits per heavy atom. The Balaban J connectivity index is 2.13. The van der Waals surface area contributed by atoms with Gasteiger partial charge in [-0.2, -0.15) is 0 Å². The third-order valence-electron chi connectivity index (χ3n) is 4.52. The second kappa shape index (κ2) is 6.29. The van der Waals surface area contributed by atoms with Crippen LogP contribution in [-0.2, 0) is 0 Å². The number of carbonyl (C=O) groups is 1. The summed E-state index contributed by atoms with van der Waals surface area (Å²) in [5.74, 6) is 0.890. The Morgan fingerprint density at radius 2 is 2.10 bits per heavy atom. The first kappa shape index (κ1) is 14.9. The first-order valence-electron chi connectivity index (χ1n) is 7.58. The molecule has 0 radical (unpaired) electrons. The number of nitrogens with one attached hydrogen (secondary N) is 1. The highest BCUT2D eigenvalue weighted by molar-refractivity contribution is 5.96. The Kier molecular flexibility index (Phi) is 4.69. The zero-order valence-electron chi connectivity index (χ0n) is 13.1. The van der Waals surface area contributed by atoms with Crippen LogP contribution in [-0.4, -0.2) is 30.9 Å². The summed E-state index contributed by atoms with van der Waals surface area (Å²) in [5.41, 5.74) is 2.91. The Hall–Kier alpha value is -1.51. The van der Waals surface area contributed by atoms with Crippen molar-refractivity contribution in [3.8, 4) is 0 Å². The van der Waals surface area contributed by atoms with Crippen molar-refractivity contribution < 1.29 is 4.79 Å². The van der Waals surface area contributed by atoms with Crippen LogP contribution in [0, 0.1) is 12.8 Å². The number of nitrogens with zero attached hydrogens (tertiary/aromatic N) is 1. The van der Waals surface area contributed by atoms with Gasteiger partial charge in [-0.25, -0.2) is 0 Å². The smallest absolute Gasteiger partial charge is 0.254 e. The van der Waals surface area contributed by atoms with Gasteiger partial charge in [0.1, 0.15) is 0 Å². The highest BCUT2D eigenvalue weighted by Gasteiger charge is 2.26.